The molecule has 0 unspecified atom stereocenters. The monoisotopic (exact) mass is 179 g/mol. The van der Waals surface area contributed by atoms with Gasteiger partial charge in [-0.25, -0.2) is 0 Å². The molecule has 0 aromatic heterocycles. The minimum Gasteiger partial charge on any atom is -0.316 e. The summed E-state index contributed by atoms with van der Waals surface area (Å²) >= 11 is 0. The Morgan fingerprint density at radius 2 is 2.23 bits per heavy atom. The van der Waals surface area contributed by atoms with Crippen LogP contribution in [-0.4, -0.2) is 17.4 Å². The number of amides is 1. The van der Waals surface area contributed by atoms with E-state index in [2.05, 4.69) is 13.2 Å². The third-order valence-electron chi connectivity index (χ3n) is 2.41. The first-order chi connectivity index (χ1) is 5.99. The third-order valence-corrected chi connectivity index (χ3v) is 2.41. The van der Waals surface area contributed by atoms with E-state index >= 15 is 0 Å². The van der Waals surface area contributed by atoms with Crippen LogP contribution in [0.4, 0.5) is 0 Å². The predicted molar refractivity (Wildman–Crippen MR) is 54.1 cm³/mol. The van der Waals surface area contributed by atoms with Crippen molar-refractivity contribution in [3.8, 4) is 0 Å². The fourth-order valence-electron chi connectivity index (χ4n) is 1.67. The minimum absolute atomic E-state index is 0.194. The predicted octanol–water partition coefficient (Wildman–Crippen LogP) is 2.33. The van der Waals surface area contributed by atoms with Gasteiger partial charge in [0, 0.05) is 24.1 Å². The molecule has 0 radical (unpaired) electrons. The summed E-state index contributed by atoms with van der Waals surface area (Å²) in [6, 6.07) is 0. The van der Waals surface area contributed by atoms with Crippen molar-refractivity contribution in [1.82, 2.24) is 4.90 Å². The van der Waals surface area contributed by atoms with Crippen molar-refractivity contribution in [2.45, 2.75) is 26.7 Å². The van der Waals surface area contributed by atoms with Gasteiger partial charge < -0.3 is 4.90 Å². The van der Waals surface area contributed by atoms with Gasteiger partial charge in [0.15, 0.2) is 0 Å². The summed E-state index contributed by atoms with van der Waals surface area (Å²) in [7, 11) is 0. The van der Waals surface area contributed by atoms with Gasteiger partial charge in [-0.3, -0.25) is 4.79 Å². The van der Waals surface area contributed by atoms with Crippen LogP contribution in [-0.2, 0) is 4.79 Å². The third kappa shape index (κ3) is 1.82. The zero-order chi connectivity index (χ0) is 10.1. The Morgan fingerprint density at radius 1 is 1.62 bits per heavy atom. The molecule has 0 spiro atoms. The average molecular weight is 179 g/mol. The molecule has 1 heterocycles. The number of carbonyl (C=O) groups excluding carboxylic acids is 1. The Kier molecular flexibility index (Phi) is 2.60. The molecule has 13 heavy (non-hydrogen) atoms. The molecular weight excluding hydrogens is 162 g/mol. The number of rotatable bonds is 3. The molecule has 0 aromatic rings. The summed E-state index contributed by atoms with van der Waals surface area (Å²) in [6.45, 7) is 12.2. The number of carbonyl (C=O) groups is 1. The summed E-state index contributed by atoms with van der Waals surface area (Å²) < 4.78 is 0. The maximum atomic E-state index is 11.8. The van der Waals surface area contributed by atoms with E-state index in [0.717, 1.165) is 25.1 Å². The van der Waals surface area contributed by atoms with Crippen LogP contribution in [0.2, 0.25) is 0 Å². The summed E-state index contributed by atoms with van der Waals surface area (Å²) in [5.74, 6) is 0.194. The summed E-state index contributed by atoms with van der Waals surface area (Å²) in [6.07, 6.45) is 3.44. The quantitative estimate of drug-likeness (QED) is 0.609. The zero-order valence-electron chi connectivity index (χ0n) is 8.47. The van der Waals surface area contributed by atoms with E-state index in [4.69, 9.17) is 0 Å². The van der Waals surface area contributed by atoms with Crippen molar-refractivity contribution < 1.29 is 4.79 Å². The van der Waals surface area contributed by atoms with Gasteiger partial charge in [-0.15, -0.1) is 6.58 Å². The lowest BCUT2D eigenvalue weighted by Gasteiger charge is -2.18. The summed E-state index contributed by atoms with van der Waals surface area (Å²) in [5, 5.41) is 0. The molecule has 2 nitrogen and oxygen atoms in total. The van der Waals surface area contributed by atoms with E-state index in [1.54, 1.807) is 4.90 Å². The van der Waals surface area contributed by atoms with Crippen LogP contribution in [0.5, 0.6) is 0 Å². The van der Waals surface area contributed by atoms with Crippen LogP contribution in [0, 0.1) is 5.41 Å². The maximum absolute atomic E-state index is 11.8. The first kappa shape index (κ1) is 10.0. The van der Waals surface area contributed by atoms with Crippen molar-refractivity contribution in [2.75, 3.05) is 6.54 Å². The number of allylic oxidation sites excluding steroid dienone is 1. The number of hydrogen-bond acceptors (Lipinski definition) is 1. The van der Waals surface area contributed by atoms with Crippen LogP contribution < -0.4 is 0 Å². The Balaban J connectivity index is 2.71. The molecule has 72 valence electrons. The van der Waals surface area contributed by atoms with E-state index < -0.39 is 0 Å². The Morgan fingerprint density at radius 3 is 2.62 bits per heavy atom. The second-order valence-electron chi connectivity index (χ2n) is 4.16. The van der Waals surface area contributed by atoms with Crippen molar-refractivity contribution in [2.24, 2.45) is 5.41 Å². The largest absolute Gasteiger partial charge is 0.316 e. The molecule has 1 aliphatic rings. The second-order valence-corrected chi connectivity index (χ2v) is 4.16. The van der Waals surface area contributed by atoms with Gasteiger partial charge in [0.25, 0.3) is 0 Å². The standard InChI is InChI=1S/C11H17NO/c1-5-6-7-12-9(2)8-11(3,4)10(12)13/h5H,1-2,6-8H2,3-4H3. The van der Waals surface area contributed by atoms with Crippen LogP contribution in [0.3, 0.4) is 0 Å². The molecule has 0 aromatic carbocycles. The highest BCUT2D eigenvalue weighted by molar-refractivity contribution is 5.86. The molecule has 1 fully saturated rings. The van der Waals surface area contributed by atoms with Crippen molar-refractivity contribution in [3.05, 3.63) is 24.9 Å². The molecule has 0 bridgehead atoms. The van der Waals surface area contributed by atoms with Gasteiger partial charge in [0.2, 0.25) is 5.91 Å². The van der Waals surface area contributed by atoms with E-state index in [-0.39, 0.29) is 11.3 Å². The molecule has 1 rings (SSSR count). The topological polar surface area (TPSA) is 20.3 Å². The van der Waals surface area contributed by atoms with Gasteiger partial charge in [-0.2, -0.15) is 0 Å². The minimum atomic E-state index is -0.252. The highest BCUT2D eigenvalue weighted by Crippen LogP contribution is 2.36. The average Bonchev–Trinajstić information content (AvgIpc) is 2.21. The van der Waals surface area contributed by atoms with E-state index in [9.17, 15) is 4.79 Å². The summed E-state index contributed by atoms with van der Waals surface area (Å²) in [5.41, 5.74) is 0.690. The number of nitrogens with zero attached hydrogens (tertiary/aromatic N) is 1. The second kappa shape index (κ2) is 3.36. The van der Waals surface area contributed by atoms with Crippen LogP contribution in [0.15, 0.2) is 24.9 Å². The molecule has 0 aliphatic carbocycles. The SMILES string of the molecule is C=CCCN1C(=C)CC(C)(C)C1=O. The molecule has 1 saturated heterocycles. The van der Waals surface area contributed by atoms with E-state index in [0.29, 0.717) is 0 Å². The van der Waals surface area contributed by atoms with Gasteiger partial charge in [0.05, 0.1) is 0 Å². The highest BCUT2D eigenvalue weighted by Gasteiger charge is 2.40. The van der Waals surface area contributed by atoms with Crippen molar-refractivity contribution >= 4 is 5.91 Å². The van der Waals surface area contributed by atoms with E-state index in [1.165, 1.54) is 0 Å². The van der Waals surface area contributed by atoms with Crippen LogP contribution in [0.25, 0.3) is 0 Å². The Bertz CT molecular complexity index is 253. The lowest BCUT2D eigenvalue weighted by Crippen LogP contribution is -2.30. The molecule has 0 saturated carbocycles. The Labute approximate surface area is 79.9 Å². The van der Waals surface area contributed by atoms with Gasteiger partial charge in [0.1, 0.15) is 0 Å². The van der Waals surface area contributed by atoms with Crippen molar-refractivity contribution in [3.63, 3.8) is 0 Å². The van der Waals surface area contributed by atoms with Crippen LogP contribution in [0.1, 0.15) is 26.7 Å². The lowest BCUT2D eigenvalue weighted by atomic mass is 9.91. The molecule has 1 aliphatic heterocycles. The van der Waals surface area contributed by atoms with Gasteiger partial charge in [-0.1, -0.05) is 26.5 Å². The first-order valence-electron chi connectivity index (χ1n) is 4.59. The lowest BCUT2D eigenvalue weighted by molar-refractivity contribution is -0.133. The molecular formula is C11H17NO. The van der Waals surface area contributed by atoms with Crippen molar-refractivity contribution in [1.29, 1.82) is 0 Å². The molecule has 0 N–H and O–H groups in total. The Hall–Kier alpha value is -1.05. The number of hydrogen-bond donors (Lipinski definition) is 0. The molecule has 1 amide bonds. The maximum Gasteiger partial charge on any atom is 0.232 e. The first-order valence-corrected chi connectivity index (χ1v) is 4.59. The van der Waals surface area contributed by atoms with E-state index in [1.807, 2.05) is 19.9 Å². The fourth-order valence-corrected chi connectivity index (χ4v) is 1.67. The smallest absolute Gasteiger partial charge is 0.232 e. The fraction of sp³-hybridized carbons (Fsp3) is 0.545. The molecule has 2 heteroatoms. The summed E-state index contributed by atoms with van der Waals surface area (Å²) in [4.78, 5) is 13.6. The van der Waals surface area contributed by atoms with Gasteiger partial charge in [-0.05, 0) is 6.42 Å². The molecule has 0 atom stereocenters. The number of likely N-dealkylation sites (tertiary alicyclic amines) is 1. The highest BCUT2D eigenvalue weighted by atomic mass is 16.2. The van der Waals surface area contributed by atoms with Gasteiger partial charge >= 0.3 is 0 Å². The zero-order valence-corrected chi connectivity index (χ0v) is 8.47. The van der Waals surface area contributed by atoms with Crippen LogP contribution >= 0.6 is 0 Å². The normalized spacial score (nSPS) is 20.9.